The highest BCUT2D eigenvalue weighted by Gasteiger charge is 2.21. The average Bonchev–Trinajstić information content (AvgIpc) is 2.26. The molecule has 0 bridgehead atoms. The molecule has 1 amide bonds. The maximum atomic E-state index is 14.0. The van der Waals surface area contributed by atoms with Crippen LogP contribution < -0.4 is 5.32 Å². The van der Waals surface area contributed by atoms with Crippen molar-refractivity contribution in [3.05, 3.63) is 29.1 Å². The van der Waals surface area contributed by atoms with E-state index in [4.69, 9.17) is 0 Å². The van der Waals surface area contributed by atoms with E-state index in [1.54, 1.807) is 0 Å². The first-order valence-electron chi connectivity index (χ1n) is 6.23. The van der Waals surface area contributed by atoms with E-state index in [2.05, 4.69) is 35.1 Å². The molecule has 1 aromatic carbocycles. The molecule has 2 nitrogen and oxygen atoms in total. The number of fused-ring (bicyclic) bond motifs is 1. The number of halogens is 2. The Balaban J connectivity index is 2.30. The Bertz CT molecular complexity index is 473. The van der Waals surface area contributed by atoms with Gasteiger partial charge in [0.1, 0.15) is 5.82 Å². The summed E-state index contributed by atoms with van der Waals surface area (Å²) >= 11 is 3.55. The maximum Gasteiger partial charge on any atom is 0.224 e. The van der Waals surface area contributed by atoms with Crippen LogP contribution in [0.5, 0.6) is 0 Å². The van der Waals surface area contributed by atoms with Crippen molar-refractivity contribution in [1.29, 1.82) is 0 Å². The Morgan fingerprint density at radius 1 is 1.39 bits per heavy atom. The highest BCUT2D eigenvalue weighted by atomic mass is 79.9. The molecule has 1 aliphatic rings. The molecule has 0 saturated carbocycles. The van der Waals surface area contributed by atoms with Crippen LogP contribution >= 0.6 is 15.9 Å². The number of carbonyl (C=O) groups is 1. The fourth-order valence-electron chi connectivity index (χ4n) is 2.20. The lowest BCUT2D eigenvalue weighted by molar-refractivity contribution is -0.116. The summed E-state index contributed by atoms with van der Waals surface area (Å²) in [4.78, 5) is 11.3. The van der Waals surface area contributed by atoms with Crippen molar-refractivity contribution in [1.82, 2.24) is 0 Å². The lowest BCUT2D eigenvalue weighted by Crippen LogP contribution is -2.19. The Morgan fingerprint density at radius 3 is 2.78 bits per heavy atom. The predicted octanol–water partition coefficient (Wildman–Crippen LogP) is 4.19. The van der Waals surface area contributed by atoms with Gasteiger partial charge in [0.05, 0.1) is 0 Å². The van der Waals surface area contributed by atoms with Crippen molar-refractivity contribution in [2.45, 2.75) is 37.9 Å². The number of aryl methyl sites for hydroxylation is 1. The minimum atomic E-state index is -0.251. The first-order valence-corrected chi connectivity index (χ1v) is 7.15. The van der Waals surface area contributed by atoms with E-state index in [0.29, 0.717) is 30.0 Å². The molecule has 0 aliphatic carbocycles. The smallest absolute Gasteiger partial charge is 0.224 e. The van der Waals surface area contributed by atoms with Gasteiger partial charge in [0.2, 0.25) is 5.91 Å². The summed E-state index contributed by atoms with van der Waals surface area (Å²) in [7, 11) is 0. The lowest BCUT2D eigenvalue weighted by atomic mass is 9.96. The predicted molar refractivity (Wildman–Crippen MR) is 74.5 cm³/mol. The fourth-order valence-corrected chi connectivity index (χ4v) is 3.30. The summed E-state index contributed by atoms with van der Waals surface area (Å²) in [6.07, 6.45) is 2.06. The van der Waals surface area contributed by atoms with Crippen molar-refractivity contribution >= 4 is 27.5 Å². The van der Waals surface area contributed by atoms with Crippen LogP contribution in [0.4, 0.5) is 10.1 Å². The first kappa shape index (κ1) is 13.5. The van der Waals surface area contributed by atoms with E-state index in [-0.39, 0.29) is 16.6 Å². The molecule has 18 heavy (non-hydrogen) atoms. The van der Waals surface area contributed by atoms with Gasteiger partial charge in [-0.05, 0) is 36.5 Å². The molecule has 98 valence electrons. The molecule has 0 fully saturated rings. The molecule has 1 unspecified atom stereocenters. The highest BCUT2D eigenvalue weighted by Crippen LogP contribution is 2.35. The lowest BCUT2D eigenvalue weighted by Gasteiger charge is -2.20. The SMILES string of the molecule is CC(C)CC(Br)c1cc2c(cc1F)NC(=O)CC2. The molecule has 1 aromatic rings. The number of alkyl halides is 1. The summed E-state index contributed by atoms with van der Waals surface area (Å²) in [5.41, 5.74) is 2.34. The van der Waals surface area contributed by atoms with Crippen LogP contribution in [-0.4, -0.2) is 5.91 Å². The van der Waals surface area contributed by atoms with Gasteiger partial charge in [-0.3, -0.25) is 4.79 Å². The number of hydrogen-bond acceptors (Lipinski definition) is 1. The molecule has 1 atom stereocenters. The molecule has 1 N–H and O–H groups in total. The maximum absolute atomic E-state index is 14.0. The number of anilines is 1. The Hall–Kier alpha value is -0.900. The zero-order chi connectivity index (χ0) is 13.3. The third-order valence-corrected chi connectivity index (χ3v) is 4.00. The molecular weight excluding hydrogens is 297 g/mol. The van der Waals surface area contributed by atoms with Crippen LogP contribution in [0.2, 0.25) is 0 Å². The topological polar surface area (TPSA) is 29.1 Å². The monoisotopic (exact) mass is 313 g/mol. The number of nitrogens with one attached hydrogen (secondary N) is 1. The minimum Gasteiger partial charge on any atom is -0.326 e. The van der Waals surface area contributed by atoms with E-state index >= 15 is 0 Å². The van der Waals surface area contributed by atoms with E-state index in [0.717, 1.165) is 12.0 Å². The van der Waals surface area contributed by atoms with Crippen molar-refractivity contribution in [2.24, 2.45) is 5.92 Å². The number of benzene rings is 1. The molecular formula is C14H17BrFNO. The molecule has 4 heteroatoms. The van der Waals surface area contributed by atoms with Crippen LogP contribution in [0.3, 0.4) is 0 Å². The van der Waals surface area contributed by atoms with Crippen LogP contribution in [-0.2, 0) is 11.2 Å². The summed E-state index contributed by atoms with van der Waals surface area (Å²) in [6, 6.07) is 3.32. The van der Waals surface area contributed by atoms with Crippen molar-refractivity contribution in [2.75, 3.05) is 5.32 Å². The number of hydrogen-bond donors (Lipinski definition) is 1. The van der Waals surface area contributed by atoms with Crippen LogP contribution in [0.1, 0.15) is 42.6 Å². The van der Waals surface area contributed by atoms with E-state index in [9.17, 15) is 9.18 Å². The Kier molecular flexibility index (Phi) is 4.05. The summed E-state index contributed by atoms with van der Waals surface area (Å²) < 4.78 is 14.0. The van der Waals surface area contributed by atoms with Gasteiger partial charge in [-0.15, -0.1) is 0 Å². The largest absolute Gasteiger partial charge is 0.326 e. The summed E-state index contributed by atoms with van der Waals surface area (Å²) in [5.74, 6) is 0.218. The first-order chi connectivity index (χ1) is 8.47. The van der Waals surface area contributed by atoms with Gasteiger partial charge in [-0.1, -0.05) is 29.8 Å². The van der Waals surface area contributed by atoms with Crippen molar-refractivity contribution < 1.29 is 9.18 Å². The van der Waals surface area contributed by atoms with Gasteiger partial charge in [0.25, 0.3) is 0 Å². The Morgan fingerprint density at radius 2 is 2.11 bits per heavy atom. The highest BCUT2D eigenvalue weighted by molar-refractivity contribution is 9.09. The van der Waals surface area contributed by atoms with Gasteiger partial charge in [-0.2, -0.15) is 0 Å². The number of rotatable bonds is 3. The van der Waals surface area contributed by atoms with E-state index in [1.165, 1.54) is 6.07 Å². The normalized spacial score (nSPS) is 16.4. The van der Waals surface area contributed by atoms with Gasteiger partial charge in [-0.25, -0.2) is 4.39 Å². The zero-order valence-corrected chi connectivity index (χ0v) is 12.2. The van der Waals surface area contributed by atoms with Crippen LogP contribution in [0.25, 0.3) is 0 Å². The molecule has 0 saturated heterocycles. The number of amides is 1. The second-order valence-electron chi connectivity index (χ2n) is 5.18. The van der Waals surface area contributed by atoms with Crippen LogP contribution in [0, 0.1) is 11.7 Å². The third kappa shape index (κ3) is 2.91. The Labute approximate surface area is 115 Å². The molecule has 2 rings (SSSR count). The second-order valence-corrected chi connectivity index (χ2v) is 6.28. The van der Waals surface area contributed by atoms with Crippen molar-refractivity contribution in [3.8, 4) is 0 Å². The fraction of sp³-hybridized carbons (Fsp3) is 0.500. The standard InChI is InChI=1S/C14H17BrFNO/c1-8(2)5-11(15)10-6-9-3-4-14(18)17-13(9)7-12(10)16/h6-8,11H,3-5H2,1-2H3,(H,17,18). The quantitative estimate of drug-likeness (QED) is 0.833. The molecule has 1 aliphatic heterocycles. The van der Waals surface area contributed by atoms with E-state index in [1.807, 2.05) is 6.07 Å². The van der Waals surface area contributed by atoms with Gasteiger partial charge in [0, 0.05) is 22.5 Å². The summed E-state index contributed by atoms with van der Waals surface area (Å²) in [6.45, 7) is 4.23. The molecule has 0 radical (unpaired) electrons. The average molecular weight is 314 g/mol. The number of carbonyl (C=O) groups excluding carboxylic acids is 1. The molecule has 0 aromatic heterocycles. The van der Waals surface area contributed by atoms with Crippen molar-refractivity contribution in [3.63, 3.8) is 0 Å². The summed E-state index contributed by atoms with van der Waals surface area (Å²) in [5, 5.41) is 2.71. The van der Waals surface area contributed by atoms with Gasteiger partial charge >= 0.3 is 0 Å². The van der Waals surface area contributed by atoms with Gasteiger partial charge in [0.15, 0.2) is 0 Å². The third-order valence-electron chi connectivity index (χ3n) is 3.13. The van der Waals surface area contributed by atoms with E-state index < -0.39 is 0 Å². The molecule has 1 heterocycles. The van der Waals surface area contributed by atoms with Gasteiger partial charge < -0.3 is 5.32 Å². The zero-order valence-electron chi connectivity index (χ0n) is 10.6. The van der Waals surface area contributed by atoms with Crippen LogP contribution in [0.15, 0.2) is 12.1 Å². The second kappa shape index (κ2) is 5.39. The minimum absolute atomic E-state index is 0.0282. The molecule has 0 spiro atoms.